The molecule has 1 aromatic heterocycles. The number of hydrogen-bond acceptors (Lipinski definition) is 6. The maximum absolute atomic E-state index is 12.4. The Morgan fingerprint density at radius 3 is 2.69 bits per heavy atom. The SMILES string of the molecule is COc1ccc(-c2nc(CSCC(=O)Nc3ccccc3OC(F)F)cs2)cc1. The normalized spacial score (nSPS) is 10.8. The molecule has 1 amide bonds. The number of carbonyl (C=O) groups is 1. The number of alkyl halides is 2. The highest BCUT2D eigenvalue weighted by molar-refractivity contribution is 7.99. The Balaban J connectivity index is 1.50. The zero-order valence-electron chi connectivity index (χ0n) is 15.4. The maximum atomic E-state index is 12.4. The molecule has 9 heteroatoms. The number of halogens is 2. The molecule has 0 atom stereocenters. The molecule has 3 rings (SSSR count). The number of benzene rings is 2. The van der Waals surface area contributed by atoms with Crippen LogP contribution in [-0.2, 0) is 10.5 Å². The maximum Gasteiger partial charge on any atom is 0.387 e. The first-order chi connectivity index (χ1) is 14.0. The molecule has 2 aromatic carbocycles. The largest absolute Gasteiger partial charge is 0.497 e. The predicted molar refractivity (Wildman–Crippen MR) is 112 cm³/mol. The fourth-order valence-corrected chi connectivity index (χ4v) is 4.09. The number of nitrogens with one attached hydrogen (secondary N) is 1. The lowest BCUT2D eigenvalue weighted by Gasteiger charge is -2.11. The van der Waals surface area contributed by atoms with Gasteiger partial charge in [0.15, 0.2) is 0 Å². The second-order valence-electron chi connectivity index (χ2n) is 5.79. The molecule has 5 nitrogen and oxygen atoms in total. The molecular formula is C20H18F2N2O3S2. The van der Waals surface area contributed by atoms with Crippen LogP contribution in [0.1, 0.15) is 5.69 Å². The molecule has 0 aliphatic heterocycles. The number of anilines is 1. The lowest BCUT2D eigenvalue weighted by molar-refractivity contribution is -0.113. The number of hydrogen-bond donors (Lipinski definition) is 1. The molecule has 1 heterocycles. The average Bonchev–Trinajstić information content (AvgIpc) is 3.18. The van der Waals surface area contributed by atoms with E-state index in [0.717, 1.165) is 22.0 Å². The van der Waals surface area contributed by atoms with E-state index >= 15 is 0 Å². The van der Waals surface area contributed by atoms with E-state index in [1.807, 2.05) is 29.6 Å². The fraction of sp³-hybridized carbons (Fsp3) is 0.200. The van der Waals surface area contributed by atoms with Crippen LogP contribution < -0.4 is 14.8 Å². The van der Waals surface area contributed by atoms with Gasteiger partial charge in [-0.05, 0) is 36.4 Å². The van der Waals surface area contributed by atoms with Crippen LogP contribution in [0.3, 0.4) is 0 Å². The van der Waals surface area contributed by atoms with Gasteiger partial charge in [-0.3, -0.25) is 4.79 Å². The predicted octanol–water partition coefficient (Wildman–Crippen LogP) is 5.29. The van der Waals surface area contributed by atoms with Gasteiger partial charge in [-0.1, -0.05) is 12.1 Å². The van der Waals surface area contributed by atoms with Crippen molar-refractivity contribution < 1.29 is 23.0 Å². The highest BCUT2D eigenvalue weighted by Gasteiger charge is 2.12. The summed E-state index contributed by atoms with van der Waals surface area (Å²) >= 11 is 2.92. The number of nitrogens with zero attached hydrogens (tertiary/aromatic N) is 1. The molecule has 1 N–H and O–H groups in total. The van der Waals surface area contributed by atoms with Gasteiger partial charge in [0.2, 0.25) is 5.91 Å². The summed E-state index contributed by atoms with van der Waals surface area (Å²) in [5.41, 5.74) is 2.09. The summed E-state index contributed by atoms with van der Waals surface area (Å²) in [6, 6.07) is 13.7. The first-order valence-corrected chi connectivity index (χ1v) is 10.6. The Bertz CT molecular complexity index is 949. The van der Waals surface area contributed by atoms with Crippen LogP contribution >= 0.6 is 23.1 Å². The topological polar surface area (TPSA) is 60.5 Å². The standard InChI is InChI=1S/C20H18F2N2O3S2/c1-26-15-8-6-13(7-9-15)19-23-14(11-29-19)10-28-12-18(25)24-16-4-2-3-5-17(16)27-20(21)22/h2-9,11,20H,10,12H2,1H3,(H,24,25). The number of aromatic nitrogens is 1. The third-order valence-corrected chi connectivity index (χ3v) is 5.66. The van der Waals surface area contributed by atoms with E-state index in [2.05, 4.69) is 15.0 Å². The minimum atomic E-state index is -2.95. The van der Waals surface area contributed by atoms with E-state index in [9.17, 15) is 13.6 Å². The van der Waals surface area contributed by atoms with Crippen LogP contribution in [0.2, 0.25) is 0 Å². The van der Waals surface area contributed by atoms with Crippen LogP contribution in [0.25, 0.3) is 10.6 Å². The molecular weight excluding hydrogens is 418 g/mol. The number of para-hydroxylation sites is 2. The van der Waals surface area contributed by atoms with Gasteiger partial charge in [-0.2, -0.15) is 8.78 Å². The van der Waals surface area contributed by atoms with E-state index in [1.54, 1.807) is 19.2 Å². The second kappa shape index (κ2) is 10.2. The summed E-state index contributed by atoms with van der Waals surface area (Å²) in [5, 5.41) is 5.45. The molecule has 0 fully saturated rings. The number of rotatable bonds is 9. The second-order valence-corrected chi connectivity index (χ2v) is 7.63. The lowest BCUT2D eigenvalue weighted by Crippen LogP contribution is -2.15. The third kappa shape index (κ3) is 6.16. The first kappa shape index (κ1) is 21.1. The first-order valence-electron chi connectivity index (χ1n) is 8.55. The van der Waals surface area contributed by atoms with Crippen molar-refractivity contribution in [2.24, 2.45) is 0 Å². The van der Waals surface area contributed by atoms with E-state index in [0.29, 0.717) is 5.75 Å². The number of methoxy groups -OCH3 is 1. The molecule has 3 aromatic rings. The highest BCUT2D eigenvalue weighted by Crippen LogP contribution is 2.28. The van der Waals surface area contributed by atoms with Crippen molar-refractivity contribution in [1.29, 1.82) is 0 Å². The Hall–Kier alpha value is -2.65. The van der Waals surface area contributed by atoms with Gasteiger partial charge in [0, 0.05) is 16.7 Å². The molecule has 0 aliphatic rings. The van der Waals surface area contributed by atoms with Crippen molar-refractivity contribution in [3.05, 3.63) is 59.6 Å². The lowest BCUT2D eigenvalue weighted by atomic mass is 10.2. The van der Waals surface area contributed by atoms with Gasteiger partial charge in [-0.25, -0.2) is 4.98 Å². The van der Waals surface area contributed by atoms with Crippen molar-refractivity contribution in [3.8, 4) is 22.1 Å². The third-order valence-electron chi connectivity index (χ3n) is 3.75. The molecule has 0 saturated carbocycles. The summed E-state index contributed by atoms with van der Waals surface area (Å²) < 4.78 is 34.4. The summed E-state index contributed by atoms with van der Waals surface area (Å²) in [6.07, 6.45) is 0. The van der Waals surface area contributed by atoms with Gasteiger partial charge < -0.3 is 14.8 Å². The molecule has 0 unspecified atom stereocenters. The van der Waals surface area contributed by atoms with Crippen LogP contribution in [0, 0.1) is 0 Å². The van der Waals surface area contributed by atoms with E-state index < -0.39 is 6.61 Å². The van der Waals surface area contributed by atoms with E-state index in [4.69, 9.17) is 4.74 Å². The Kier molecular flexibility index (Phi) is 7.42. The monoisotopic (exact) mass is 436 g/mol. The number of amides is 1. The quantitative estimate of drug-likeness (QED) is 0.494. The van der Waals surface area contributed by atoms with Gasteiger partial charge >= 0.3 is 6.61 Å². The average molecular weight is 437 g/mol. The van der Waals surface area contributed by atoms with Gasteiger partial charge in [0.25, 0.3) is 0 Å². The van der Waals surface area contributed by atoms with Crippen LogP contribution in [0.4, 0.5) is 14.5 Å². The number of thiazole rings is 1. The Morgan fingerprint density at radius 2 is 1.97 bits per heavy atom. The molecule has 0 radical (unpaired) electrons. The molecule has 29 heavy (non-hydrogen) atoms. The molecule has 0 bridgehead atoms. The van der Waals surface area contributed by atoms with Crippen molar-refractivity contribution in [3.63, 3.8) is 0 Å². The number of thioether (sulfide) groups is 1. The molecule has 0 spiro atoms. The summed E-state index contributed by atoms with van der Waals surface area (Å²) in [4.78, 5) is 16.7. The van der Waals surface area contributed by atoms with Crippen LogP contribution in [0.15, 0.2) is 53.9 Å². The smallest absolute Gasteiger partial charge is 0.387 e. The Morgan fingerprint density at radius 1 is 1.21 bits per heavy atom. The van der Waals surface area contributed by atoms with Gasteiger partial charge in [-0.15, -0.1) is 23.1 Å². The molecule has 0 saturated heterocycles. The number of carbonyl (C=O) groups excluding carboxylic acids is 1. The van der Waals surface area contributed by atoms with Crippen LogP contribution in [-0.4, -0.2) is 30.4 Å². The van der Waals surface area contributed by atoms with Crippen molar-refractivity contribution in [1.82, 2.24) is 4.98 Å². The van der Waals surface area contributed by atoms with Crippen LogP contribution in [0.5, 0.6) is 11.5 Å². The van der Waals surface area contributed by atoms with Gasteiger partial charge in [0.05, 0.1) is 24.2 Å². The number of ether oxygens (including phenoxy) is 2. The summed E-state index contributed by atoms with van der Waals surface area (Å²) in [5.74, 6) is 1.15. The molecule has 0 aliphatic carbocycles. The van der Waals surface area contributed by atoms with E-state index in [1.165, 1.54) is 35.2 Å². The van der Waals surface area contributed by atoms with Crippen molar-refractivity contribution >= 4 is 34.7 Å². The highest BCUT2D eigenvalue weighted by atomic mass is 32.2. The Labute approximate surface area is 175 Å². The van der Waals surface area contributed by atoms with E-state index in [-0.39, 0.29) is 23.1 Å². The summed E-state index contributed by atoms with van der Waals surface area (Å²) in [6.45, 7) is -2.95. The minimum absolute atomic E-state index is 0.0653. The minimum Gasteiger partial charge on any atom is -0.497 e. The van der Waals surface area contributed by atoms with Gasteiger partial charge in [0.1, 0.15) is 16.5 Å². The zero-order chi connectivity index (χ0) is 20.6. The fourth-order valence-electron chi connectivity index (χ4n) is 2.44. The van der Waals surface area contributed by atoms with Crippen molar-refractivity contribution in [2.45, 2.75) is 12.4 Å². The van der Waals surface area contributed by atoms with Crippen molar-refractivity contribution in [2.75, 3.05) is 18.2 Å². The zero-order valence-corrected chi connectivity index (χ0v) is 17.1. The molecule has 152 valence electrons. The summed E-state index contributed by atoms with van der Waals surface area (Å²) in [7, 11) is 1.62.